The normalized spacial score (nSPS) is 24.2. The van der Waals surface area contributed by atoms with Crippen LogP contribution in [0, 0.1) is 5.41 Å². The number of sulfonamides is 1. The first-order valence-electron chi connectivity index (χ1n) is 13.5. The van der Waals surface area contributed by atoms with Gasteiger partial charge in [-0.1, -0.05) is 26.0 Å². The van der Waals surface area contributed by atoms with Crippen LogP contribution in [-0.4, -0.2) is 97.1 Å². The van der Waals surface area contributed by atoms with Crippen LogP contribution in [0.2, 0.25) is 0 Å². The van der Waals surface area contributed by atoms with Gasteiger partial charge in [-0.05, 0) is 31.1 Å². The molecule has 4 heterocycles. The average molecular weight is 563 g/mol. The zero-order valence-electron chi connectivity index (χ0n) is 22.9. The van der Waals surface area contributed by atoms with E-state index in [0.717, 1.165) is 18.5 Å². The van der Waals surface area contributed by atoms with E-state index in [1.54, 1.807) is 11.7 Å². The Labute approximate surface area is 228 Å². The maximum Gasteiger partial charge on any atom is 0.248 e. The van der Waals surface area contributed by atoms with Gasteiger partial charge in [0.15, 0.2) is 0 Å². The van der Waals surface area contributed by atoms with E-state index in [1.165, 1.54) is 26.3 Å². The number of likely N-dealkylation sites (tertiary alicyclic amines) is 1. The summed E-state index contributed by atoms with van der Waals surface area (Å²) in [7, 11) is -1.99. The standard InChI is InChI=1S/C25H38N8O5S/c1-25(2,3)22(33-15-20(28-29-33)16-5-6-16)24(36)32-13-18(34)11-21(32)23(35)27-17-7-9-31(10-8-17)39(37,38)19-12-26-30(4)14-19/h12,14-18,21-22,34H,5-11,13H2,1-4H3,(H,27,35)/t18?,21?,22-/m1/s1. The number of aliphatic hydroxyl groups excluding tert-OH is 1. The second-order valence-electron chi connectivity index (χ2n) is 12.1. The minimum atomic E-state index is -3.65. The van der Waals surface area contributed by atoms with Crippen molar-refractivity contribution in [1.82, 2.24) is 39.3 Å². The van der Waals surface area contributed by atoms with Crippen LogP contribution in [0.25, 0.3) is 0 Å². The molecule has 13 nitrogen and oxygen atoms in total. The van der Waals surface area contributed by atoms with E-state index in [1.807, 2.05) is 27.0 Å². The Morgan fingerprint density at radius 1 is 1.13 bits per heavy atom. The largest absolute Gasteiger partial charge is 0.391 e. The summed E-state index contributed by atoms with van der Waals surface area (Å²) in [5, 5.41) is 26.0. The molecule has 5 rings (SSSR count). The lowest BCUT2D eigenvalue weighted by Crippen LogP contribution is -2.53. The molecular formula is C25H38N8O5S. The highest BCUT2D eigenvalue weighted by Crippen LogP contribution is 2.40. The Kier molecular flexibility index (Phi) is 7.31. The number of β-amino-alcohol motifs (C(OH)–C–C–N with tert-alkyl or cyclic N) is 1. The number of aromatic nitrogens is 5. The van der Waals surface area contributed by atoms with E-state index in [-0.39, 0.29) is 48.8 Å². The van der Waals surface area contributed by atoms with Gasteiger partial charge in [-0.15, -0.1) is 5.10 Å². The molecule has 2 aliphatic heterocycles. The monoisotopic (exact) mass is 562 g/mol. The van der Waals surface area contributed by atoms with Crippen LogP contribution in [0.5, 0.6) is 0 Å². The molecule has 214 valence electrons. The van der Waals surface area contributed by atoms with Crippen molar-refractivity contribution in [3.8, 4) is 0 Å². The smallest absolute Gasteiger partial charge is 0.248 e. The van der Waals surface area contributed by atoms with Gasteiger partial charge in [0.2, 0.25) is 21.8 Å². The molecule has 2 saturated heterocycles. The summed E-state index contributed by atoms with van der Waals surface area (Å²) in [6, 6.07) is -1.73. The molecule has 0 radical (unpaired) electrons. The fourth-order valence-corrected chi connectivity index (χ4v) is 7.00. The Bertz CT molecular complexity index is 1320. The number of hydrogen-bond donors (Lipinski definition) is 2. The maximum absolute atomic E-state index is 13.9. The number of nitrogens with one attached hydrogen (secondary N) is 1. The van der Waals surface area contributed by atoms with Crippen molar-refractivity contribution in [3.63, 3.8) is 0 Å². The van der Waals surface area contributed by atoms with Crippen molar-refractivity contribution in [3.05, 3.63) is 24.3 Å². The molecule has 0 aromatic carbocycles. The van der Waals surface area contributed by atoms with Gasteiger partial charge in [0, 0.05) is 57.5 Å². The molecule has 39 heavy (non-hydrogen) atoms. The molecule has 3 atom stereocenters. The number of hydrogen-bond acceptors (Lipinski definition) is 8. The number of aryl methyl sites for hydroxylation is 1. The summed E-state index contributed by atoms with van der Waals surface area (Å²) in [6.45, 7) is 6.43. The third kappa shape index (κ3) is 5.73. The van der Waals surface area contributed by atoms with Gasteiger partial charge in [-0.3, -0.25) is 14.3 Å². The highest BCUT2D eigenvalue weighted by atomic mass is 32.2. The summed E-state index contributed by atoms with van der Waals surface area (Å²) in [6.07, 6.45) is 7.00. The van der Waals surface area contributed by atoms with Gasteiger partial charge in [-0.2, -0.15) is 9.40 Å². The quantitative estimate of drug-likeness (QED) is 0.492. The number of piperidine rings is 1. The number of aliphatic hydroxyl groups is 1. The zero-order valence-corrected chi connectivity index (χ0v) is 23.7. The number of rotatable bonds is 7. The van der Waals surface area contributed by atoms with Crippen LogP contribution in [-0.2, 0) is 26.7 Å². The molecule has 0 bridgehead atoms. The van der Waals surface area contributed by atoms with Gasteiger partial charge in [-0.25, -0.2) is 13.1 Å². The fraction of sp³-hybridized carbons (Fsp3) is 0.720. The van der Waals surface area contributed by atoms with Crippen LogP contribution in [0.1, 0.15) is 70.5 Å². The second-order valence-corrected chi connectivity index (χ2v) is 14.0. The third-order valence-corrected chi connectivity index (χ3v) is 9.68. The van der Waals surface area contributed by atoms with E-state index in [0.29, 0.717) is 18.8 Å². The molecule has 2 amide bonds. The van der Waals surface area contributed by atoms with E-state index in [4.69, 9.17) is 0 Å². The second kappa shape index (κ2) is 10.3. The van der Waals surface area contributed by atoms with Gasteiger partial charge < -0.3 is 15.3 Å². The fourth-order valence-electron chi connectivity index (χ4n) is 5.55. The van der Waals surface area contributed by atoms with Crippen molar-refractivity contribution in [2.45, 2.75) is 87.9 Å². The van der Waals surface area contributed by atoms with Gasteiger partial charge in [0.1, 0.15) is 17.0 Å². The minimum absolute atomic E-state index is 0.0650. The zero-order chi connectivity index (χ0) is 28.1. The predicted molar refractivity (Wildman–Crippen MR) is 140 cm³/mol. The highest BCUT2D eigenvalue weighted by molar-refractivity contribution is 7.89. The summed E-state index contributed by atoms with van der Waals surface area (Å²) in [5.74, 6) is -0.213. The Balaban J connectivity index is 1.24. The maximum atomic E-state index is 13.9. The first-order chi connectivity index (χ1) is 18.3. The Hall–Kier alpha value is -2.84. The van der Waals surface area contributed by atoms with Crippen LogP contribution in [0.4, 0.5) is 0 Å². The highest BCUT2D eigenvalue weighted by Gasteiger charge is 2.46. The van der Waals surface area contributed by atoms with E-state index in [2.05, 4.69) is 20.7 Å². The Morgan fingerprint density at radius 2 is 1.82 bits per heavy atom. The minimum Gasteiger partial charge on any atom is -0.391 e. The third-order valence-electron chi connectivity index (χ3n) is 7.83. The van der Waals surface area contributed by atoms with Gasteiger partial charge in [0.05, 0.1) is 18.0 Å². The molecule has 3 fully saturated rings. The van der Waals surface area contributed by atoms with Crippen molar-refractivity contribution >= 4 is 21.8 Å². The first kappa shape index (κ1) is 27.7. The summed E-state index contributed by atoms with van der Waals surface area (Å²) in [5.41, 5.74) is 0.372. The molecule has 2 unspecified atom stereocenters. The first-order valence-corrected chi connectivity index (χ1v) is 15.0. The van der Waals surface area contributed by atoms with Crippen LogP contribution < -0.4 is 5.32 Å². The average Bonchev–Trinajstić information content (AvgIpc) is 3.22. The van der Waals surface area contributed by atoms with E-state index >= 15 is 0 Å². The lowest BCUT2D eigenvalue weighted by atomic mass is 9.85. The molecule has 1 saturated carbocycles. The number of nitrogens with zero attached hydrogens (tertiary/aromatic N) is 7. The van der Waals surface area contributed by atoms with Crippen LogP contribution in [0.15, 0.2) is 23.5 Å². The Morgan fingerprint density at radius 3 is 2.41 bits per heavy atom. The summed E-state index contributed by atoms with van der Waals surface area (Å²) < 4.78 is 30.3. The van der Waals surface area contributed by atoms with Crippen molar-refractivity contribution in [2.75, 3.05) is 19.6 Å². The molecule has 2 aromatic rings. The van der Waals surface area contributed by atoms with Gasteiger partial charge >= 0.3 is 0 Å². The number of carbonyl (C=O) groups is 2. The number of amides is 2. The molecule has 3 aliphatic rings. The van der Waals surface area contributed by atoms with Crippen LogP contribution >= 0.6 is 0 Å². The number of carbonyl (C=O) groups excluding carboxylic acids is 2. The molecule has 14 heteroatoms. The summed E-state index contributed by atoms with van der Waals surface area (Å²) in [4.78, 5) is 28.9. The van der Waals surface area contributed by atoms with Crippen molar-refractivity contribution < 1.29 is 23.1 Å². The summed E-state index contributed by atoms with van der Waals surface area (Å²) >= 11 is 0. The molecule has 2 aromatic heterocycles. The van der Waals surface area contributed by atoms with E-state index < -0.39 is 33.6 Å². The van der Waals surface area contributed by atoms with Crippen molar-refractivity contribution in [1.29, 1.82) is 0 Å². The molecule has 0 spiro atoms. The topological polar surface area (TPSA) is 156 Å². The molecule has 2 N–H and O–H groups in total. The lowest BCUT2D eigenvalue weighted by Gasteiger charge is -2.35. The van der Waals surface area contributed by atoms with Crippen LogP contribution in [0.3, 0.4) is 0 Å². The predicted octanol–water partition coefficient (Wildman–Crippen LogP) is 0.408. The van der Waals surface area contributed by atoms with Gasteiger partial charge in [0.25, 0.3) is 0 Å². The SMILES string of the molecule is Cn1cc(S(=O)(=O)N2CCC(NC(=O)C3CC(O)CN3C(=O)[C@@H](n3cc(C4CC4)nn3)C(C)(C)C)CC2)cn1. The van der Waals surface area contributed by atoms with E-state index in [9.17, 15) is 23.1 Å². The van der Waals surface area contributed by atoms with Crippen molar-refractivity contribution in [2.24, 2.45) is 12.5 Å². The lowest BCUT2D eigenvalue weighted by molar-refractivity contribution is -0.144. The molecular weight excluding hydrogens is 524 g/mol. The molecule has 1 aliphatic carbocycles.